The van der Waals surface area contributed by atoms with Crippen LogP contribution in [-0.2, 0) is 14.3 Å². The molecule has 0 unspecified atom stereocenters. The highest BCUT2D eigenvalue weighted by Gasteiger charge is 2.31. The van der Waals surface area contributed by atoms with Crippen LogP contribution in [0.5, 0.6) is 0 Å². The van der Waals surface area contributed by atoms with Gasteiger partial charge < -0.3 is 4.74 Å². The summed E-state index contributed by atoms with van der Waals surface area (Å²) in [5, 5.41) is 0. The number of hydrogen-bond donors (Lipinski definition) is 0. The predicted octanol–water partition coefficient (Wildman–Crippen LogP) is 4.01. The van der Waals surface area contributed by atoms with Crippen LogP contribution in [0.25, 0.3) is 6.08 Å². The summed E-state index contributed by atoms with van der Waals surface area (Å²) in [7, 11) is 0. The molecule has 1 aliphatic heterocycles. The summed E-state index contributed by atoms with van der Waals surface area (Å²) in [6.07, 6.45) is 4.77. The number of esters is 1. The van der Waals surface area contributed by atoms with Gasteiger partial charge in [-0.1, -0.05) is 60.7 Å². The van der Waals surface area contributed by atoms with Crippen LogP contribution in [0.15, 0.2) is 35.2 Å². The standard InChI is InChI=1S/C18H21NO3S2/c1-2-22-16(20)11-7-4-8-12-19-17(21)15(24-18(19)23)13-14-9-5-3-6-10-14/h3,5-6,9-10,13H,2,4,7-8,11-12H2,1H3/b15-13-. The van der Waals surface area contributed by atoms with Gasteiger partial charge in [-0.25, -0.2) is 0 Å². The van der Waals surface area contributed by atoms with E-state index in [2.05, 4.69) is 0 Å². The number of ether oxygens (including phenoxy) is 1. The van der Waals surface area contributed by atoms with Crippen LogP contribution < -0.4 is 0 Å². The van der Waals surface area contributed by atoms with E-state index in [1.807, 2.05) is 36.4 Å². The quantitative estimate of drug-likeness (QED) is 0.302. The highest BCUT2D eigenvalue weighted by molar-refractivity contribution is 8.26. The molecule has 1 saturated heterocycles. The van der Waals surface area contributed by atoms with Crippen molar-refractivity contribution < 1.29 is 14.3 Å². The zero-order valence-corrected chi connectivity index (χ0v) is 15.3. The van der Waals surface area contributed by atoms with Crippen LogP contribution in [-0.4, -0.2) is 34.2 Å². The SMILES string of the molecule is CCOC(=O)CCCCCN1C(=O)/C(=C/c2ccccc2)SC1=S. The molecule has 2 rings (SSSR count). The van der Waals surface area contributed by atoms with Gasteiger partial charge in [-0.2, -0.15) is 0 Å². The van der Waals surface area contributed by atoms with E-state index in [4.69, 9.17) is 17.0 Å². The summed E-state index contributed by atoms with van der Waals surface area (Å²) in [4.78, 5) is 26.0. The first-order chi connectivity index (χ1) is 11.6. The molecule has 1 amide bonds. The Kier molecular flexibility index (Phi) is 7.46. The first-order valence-electron chi connectivity index (χ1n) is 8.08. The lowest BCUT2D eigenvalue weighted by atomic mass is 10.2. The monoisotopic (exact) mass is 363 g/mol. The van der Waals surface area contributed by atoms with Crippen LogP contribution in [0.2, 0.25) is 0 Å². The lowest BCUT2D eigenvalue weighted by molar-refractivity contribution is -0.143. The van der Waals surface area contributed by atoms with Gasteiger partial charge in [0, 0.05) is 13.0 Å². The Bertz CT molecular complexity index is 628. The Balaban J connectivity index is 1.80. The topological polar surface area (TPSA) is 46.6 Å². The Morgan fingerprint density at radius 2 is 2.00 bits per heavy atom. The molecule has 0 bridgehead atoms. The van der Waals surface area contributed by atoms with E-state index >= 15 is 0 Å². The normalized spacial score (nSPS) is 16.0. The maximum absolute atomic E-state index is 12.5. The van der Waals surface area contributed by atoms with Crippen LogP contribution in [0, 0.1) is 0 Å². The van der Waals surface area contributed by atoms with Crippen molar-refractivity contribution in [3.63, 3.8) is 0 Å². The van der Waals surface area contributed by atoms with Crippen LogP contribution in [0.3, 0.4) is 0 Å². The molecule has 1 heterocycles. The Labute approximate surface area is 152 Å². The van der Waals surface area contributed by atoms with Gasteiger partial charge in [-0.15, -0.1) is 0 Å². The molecule has 0 aromatic heterocycles. The van der Waals surface area contributed by atoms with Gasteiger partial charge in [0.25, 0.3) is 5.91 Å². The maximum atomic E-state index is 12.5. The van der Waals surface area contributed by atoms with Crippen LogP contribution in [0.4, 0.5) is 0 Å². The minimum absolute atomic E-state index is 0.0285. The van der Waals surface area contributed by atoms with E-state index in [9.17, 15) is 9.59 Å². The van der Waals surface area contributed by atoms with Crippen molar-refractivity contribution in [3.8, 4) is 0 Å². The summed E-state index contributed by atoms with van der Waals surface area (Å²) in [6, 6.07) is 9.75. The second-order valence-electron chi connectivity index (χ2n) is 5.36. The zero-order valence-electron chi connectivity index (χ0n) is 13.7. The lowest BCUT2D eigenvalue weighted by Gasteiger charge is -2.13. The van der Waals surface area contributed by atoms with Crippen molar-refractivity contribution >= 4 is 46.3 Å². The van der Waals surface area contributed by atoms with Crippen molar-refractivity contribution in [2.45, 2.75) is 32.6 Å². The van der Waals surface area contributed by atoms with Gasteiger partial charge in [0.1, 0.15) is 4.32 Å². The summed E-state index contributed by atoms with van der Waals surface area (Å²) >= 11 is 6.66. The van der Waals surface area contributed by atoms with E-state index in [0.29, 0.717) is 28.8 Å². The van der Waals surface area contributed by atoms with E-state index in [1.165, 1.54) is 11.8 Å². The highest BCUT2D eigenvalue weighted by atomic mass is 32.2. The molecule has 0 spiro atoms. The molecule has 4 nitrogen and oxygen atoms in total. The molecule has 1 fully saturated rings. The molecule has 0 aliphatic carbocycles. The number of carbonyl (C=O) groups excluding carboxylic acids is 2. The molecule has 6 heteroatoms. The fraction of sp³-hybridized carbons (Fsp3) is 0.389. The molecule has 1 aromatic carbocycles. The van der Waals surface area contributed by atoms with Gasteiger partial charge in [-0.3, -0.25) is 14.5 Å². The fourth-order valence-corrected chi connectivity index (χ4v) is 3.65. The molecule has 0 N–H and O–H groups in total. The van der Waals surface area contributed by atoms with Gasteiger partial charge in [0.2, 0.25) is 0 Å². The van der Waals surface area contributed by atoms with E-state index in [0.717, 1.165) is 24.8 Å². The molecule has 0 radical (unpaired) electrons. The molecule has 0 saturated carbocycles. The number of nitrogens with zero attached hydrogens (tertiary/aromatic N) is 1. The zero-order chi connectivity index (χ0) is 17.4. The third-order valence-electron chi connectivity index (χ3n) is 3.54. The van der Waals surface area contributed by atoms with Gasteiger partial charge in [0.05, 0.1) is 11.5 Å². The Hall–Kier alpha value is -1.66. The highest BCUT2D eigenvalue weighted by Crippen LogP contribution is 2.32. The van der Waals surface area contributed by atoms with E-state index < -0.39 is 0 Å². The second-order valence-corrected chi connectivity index (χ2v) is 7.04. The van der Waals surface area contributed by atoms with Crippen molar-refractivity contribution in [1.29, 1.82) is 0 Å². The van der Waals surface area contributed by atoms with Crippen molar-refractivity contribution in [2.24, 2.45) is 0 Å². The van der Waals surface area contributed by atoms with Crippen molar-refractivity contribution in [2.75, 3.05) is 13.2 Å². The van der Waals surface area contributed by atoms with E-state index in [-0.39, 0.29) is 11.9 Å². The lowest BCUT2D eigenvalue weighted by Crippen LogP contribution is -2.29. The number of benzene rings is 1. The number of thiocarbonyl (C=S) groups is 1. The largest absolute Gasteiger partial charge is 0.466 e. The second kappa shape index (κ2) is 9.59. The fourth-order valence-electron chi connectivity index (χ4n) is 2.34. The minimum atomic E-state index is -0.158. The smallest absolute Gasteiger partial charge is 0.305 e. The number of thioether (sulfide) groups is 1. The molecule has 0 atom stereocenters. The van der Waals surface area contributed by atoms with Crippen molar-refractivity contribution in [3.05, 3.63) is 40.8 Å². The maximum Gasteiger partial charge on any atom is 0.305 e. The summed E-state index contributed by atoms with van der Waals surface area (Å²) < 4.78 is 5.50. The molecule has 128 valence electrons. The molecule has 1 aliphatic rings. The van der Waals surface area contributed by atoms with Crippen LogP contribution >= 0.6 is 24.0 Å². The number of unbranched alkanes of at least 4 members (excludes halogenated alkanes) is 2. The van der Waals surface area contributed by atoms with Gasteiger partial charge >= 0.3 is 5.97 Å². The average Bonchev–Trinajstić information content (AvgIpc) is 2.83. The third-order valence-corrected chi connectivity index (χ3v) is 4.92. The predicted molar refractivity (Wildman–Crippen MR) is 101 cm³/mol. The first kappa shape index (κ1) is 18.7. The minimum Gasteiger partial charge on any atom is -0.466 e. The summed E-state index contributed by atoms with van der Waals surface area (Å²) in [5.74, 6) is -0.187. The number of hydrogen-bond acceptors (Lipinski definition) is 5. The summed E-state index contributed by atoms with van der Waals surface area (Å²) in [6.45, 7) is 2.82. The molecular weight excluding hydrogens is 342 g/mol. The van der Waals surface area contributed by atoms with Crippen molar-refractivity contribution in [1.82, 2.24) is 4.90 Å². The molecule has 1 aromatic rings. The first-order valence-corrected chi connectivity index (χ1v) is 9.30. The average molecular weight is 364 g/mol. The third kappa shape index (κ3) is 5.46. The summed E-state index contributed by atoms with van der Waals surface area (Å²) in [5.41, 5.74) is 0.993. The van der Waals surface area contributed by atoms with Gasteiger partial charge in [-0.05, 0) is 31.4 Å². The number of rotatable bonds is 8. The number of amides is 1. The van der Waals surface area contributed by atoms with Crippen LogP contribution in [0.1, 0.15) is 38.2 Å². The van der Waals surface area contributed by atoms with E-state index in [1.54, 1.807) is 11.8 Å². The molecule has 24 heavy (non-hydrogen) atoms. The Morgan fingerprint density at radius 1 is 1.25 bits per heavy atom. The van der Waals surface area contributed by atoms with Gasteiger partial charge in [0.15, 0.2) is 0 Å². The molecular formula is C18H21NO3S2. The number of carbonyl (C=O) groups is 2. The Morgan fingerprint density at radius 3 is 2.71 bits per heavy atom.